The number of hydrogen-bond acceptors (Lipinski definition) is 3. The van der Waals surface area contributed by atoms with Gasteiger partial charge in [0, 0.05) is 50.4 Å². The van der Waals surface area contributed by atoms with Crippen LogP contribution in [0.5, 0.6) is 0 Å². The van der Waals surface area contributed by atoms with Crippen LogP contribution in [-0.2, 0) is 13.0 Å². The fourth-order valence-electron chi connectivity index (χ4n) is 3.01. The second-order valence-electron chi connectivity index (χ2n) is 6.79. The van der Waals surface area contributed by atoms with Crippen molar-refractivity contribution in [1.29, 1.82) is 0 Å². The lowest BCUT2D eigenvalue weighted by Gasteiger charge is -2.12. The van der Waals surface area contributed by atoms with Gasteiger partial charge >= 0.3 is 0 Å². The molecule has 0 atom stereocenters. The van der Waals surface area contributed by atoms with Gasteiger partial charge in [-0.15, -0.1) is 35.7 Å². The Kier molecular flexibility index (Phi) is 11.4. The lowest BCUT2D eigenvalue weighted by Crippen LogP contribution is -2.39. The number of thioether (sulfide) groups is 1. The number of nitrogens with one attached hydrogen (secondary N) is 2. The quantitative estimate of drug-likeness (QED) is 0.127. The topological polar surface area (TPSA) is 54.2 Å². The highest BCUT2D eigenvalue weighted by Crippen LogP contribution is 2.18. The summed E-state index contributed by atoms with van der Waals surface area (Å²) >= 11 is 1.73. The first-order chi connectivity index (χ1) is 14.7. The number of aliphatic imine (C=N–C) groups is 1. The molecule has 0 aliphatic heterocycles. The predicted octanol–water partition coefficient (Wildman–Crippen LogP) is 4.58. The third-order valence-electron chi connectivity index (χ3n) is 4.56. The van der Waals surface area contributed by atoms with Gasteiger partial charge in [0.05, 0.1) is 0 Å². The number of guanidine groups is 1. The molecule has 0 radical (unpaired) electrons. The van der Waals surface area contributed by atoms with E-state index in [4.69, 9.17) is 0 Å². The van der Waals surface area contributed by atoms with Crippen molar-refractivity contribution in [3.8, 4) is 0 Å². The average Bonchev–Trinajstić information content (AvgIpc) is 3.21. The zero-order chi connectivity index (χ0) is 21.0. The van der Waals surface area contributed by atoms with Crippen molar-refractivity contribution in [3.05, 3.63) is 84.2 Å². The Morgan fingerprint density at radius 1 is 1.06 bits per heavy atom. The molecule has 31 heavy (non-hydrogen) atoms. The second kappa shape index (κ2) is 14.1. The first-order valence-electron chi connectivity index (χ1n) is 10.1. The van der Waals surface area contributed by atoms with Gasteiger partial charge in [-0.3, -0.25) is 4.99 Å². The van der Waals surface area contributed by atoms with Crippen molar-refractivity contribution in [3.63, 3.8) is 0 Å². The van der Waals surface area contributed by atoms with Crippen LogP contribution < -0.4 is 10.6 Å². The van der Waals surface area contributed by atoms with Crippen molar-refractivity contribution >= 4 is 41.7 Å². The van der Waals surface area contributed by atoms with E-state index in [0.29, 0.717) is 0 Å². The highest BCUT2D eigenvalue weighted by atomic mass is 127. The lowest BCUT2D eigenvalue weighted by molar-refractivity contribution is 0.626. The van der Waals surface area contributed by atoms with E-state index in [1.165, 1.54) is 17.7 Å². The Balaban J connectivity index is 0.00000341. The summed E-state index contributed by atoms with van der Waals surface area (Å²) in [7, 11) is 1.78. The van der Waals surface area contributed by atoms with Gasteiger partial charge in [0.1, 0.15) is 11.6 Å². The number of benzene rings is 2. The first kappa shape index (κ1) is 25.2. The molecule has 1 aromatic heterocycles. The van der Waals surface area contributed by atoms with Crippen LogP contribution in [-0.4, -0.2) is 41.4 Å². The third-order valence-corrected chi connectivity index (χ3v) is 5.66. The van der Waals surface area contributed by atoms with Crippen LogP contribution in [0, 0.1) is 5.82 Å². The Morgan fingerprint density at radius 2 is 1.81 bits per heavy atom. The molecule has 2 N–H and O–H groups in total. The molecule has 2 aromatic carbocycles. The van der Waals surface area contributed by atoms with Crippen LogP contribution in [0.1, 0.15) is 17.8 Å². The number of imidazole rings is 1. The highest BCUT2D eigenvalue weighted by Gasteiger charge is 2.05. The molecule has 0 unspecified atom stereocenters. The van der Waals surface area contributed by atoms with Crippen LogP contribution in [0.25, 0.3) is 0 Å². The molecule has 3 rings (SSSR count). The van der Waals surface area contributed by atoms with Crippen LogP contribution in [0.4, 0.5) is 4.39 Å². The summed E-state index contributed by atoms with van der Waals surface area (Å²) in [4.78, 5) is 9.86. The molecule has 8 heteroatoms. The van der Waals surface area contributed by atoms with E-state index >= 15 is 0 Å². The molecule has 0 fully saturated rings. The number of hydrogen-bond donors (Lipinski definition) is 2. The van der Waals surface area contributed by atoms with Crippen molar-refractivity contribution in [2.75, 3.05) is 25.9 Å². The Hall–Kier alpha value is -2.07. The van der Waals surface area contributed by atoms with E-state index in [0.717, 1.165) is 54.9 Å². The molecule has 0 aliphatic rings. The number of halogens is 2. The number of aromatic nitrogens is 2. The van der Waals surface area contributed by atoms with E-state index in [-0.39, 0.29) is 29.8 Å². The smallest absolute Gasteiger partial charge is 0.190 e. The monoisotopic (exact) mass is 553 g/mol. The maximum atomic E-state index is 12.9. The summed E-state index contributed by atoms with van der Waals surface area (Å²) in [5.41, 5.74) is 1.26. The molecule has 166 valence electrons. The van der Waals surface area contributed by atoms with E-state index in [2.05, 4.69) is 49.4 Å². The summed E-state index contributed by atoms with van der Waals surface area (Å²) in [5, 5.41) is 6.69. The predicted molar refractivity (Wildman–Crippen MR) is 138 cm³/mol. The minimum Gasteiger partial charge on any atom is -0.356 e. The minimum absolute atomic E-state index is 0. The summed E-state index contributed by atoms with van der Waals surface area (Å²) in [6.45, 7) is 2.42. The fourth-order valence-corrected chi connectivity index (χ4v) is 3.86. The largest absolute Gasteiger partial charge is 0.356 e. The summed E-state index contributed by atoms with van der Waals surface area (Å²) in [6, 6.07) is 17.0. The number of nitrogens with zero attached hydrogens (tertiary/aromatic N) is 3. The van der Waals surface area contributed by atoms with Crippen LogP contribution in [0.15, 0.2) is 76.9 Å². The van der Waals surface area contributed by atoms with Crippen molar-refractivity contribution < 1.29 is 4.39 Å². The minimum atomic E-state index is -0.196. The summed E-state index contributed by atoms with van der Waals surface area (Å²) < 4.78 is 15.1. The molecule has 5 nitrogen and oxygen atoms in total. The van der Waals surface area contributed by atoms with E-state index in [1.807, 2.05) is 30.6 Å². The molecular weight excluding hydrogens is 524 g/mol. The Labute approximate surface area is 205 Å². The second-order valence-corrected chi connectivity index (χ2v) is 7.96. The van der Waals surface area contributed by atoms with Gasteiger partial charge in [0.25, 0.3) is 0 Å². The molecule has 0 aliphatic carbocycles. The molecule has 0 bridgehead atoms. The van der Waals surface area contributed by atoms with E-state index in [1.54, 1.807) is 18.8 Å². The van der Waals surface area contributed by atoms with Gasteiger partial charge in [-0.2, -0.15) is 0 Å². The molecular formula is C23H29FIN5S. The van der Waals surface area contributed by atoms with Crippen LogP contribution in [0.3, 0.4) is 0 Å². The average molecular weight is 553 g/mol. The fraction of sp³-hybridized carbons (Fsp3) is 0.304. The zero-order valence-electron chi connectivity index (χ0n) is 17.6. The first-order valence-corrected chi connectivity index (χ1v) is 11.1. The van der Waals surface area contributed by atoms with Gasteiger partial charge in [-0.05, 0) is 42.0 Å². The van der Waals surface area contributed by atoms with Gasteiger partial charge in [-0.25, -0.2) is 9.37 Å². The summed E-state index contributed by atoms with van der Waals surface area (Å²) in [6.07, 6.45) is 5.68. The Bertz CT molecular complexity index is 915. The maximum Gasteiger partial charge on any atom is 0.190 e. The standard InChI is InChI=1S/C23H28FN5S.HI/c1-25-23(27-13-5-17-30-21-10-8-20(24)9-11-21)28-14-12-22-26-15-16-29(22)18-19-6-3-2-4-7-19;/h2-4,6-11,15-16H,5,12-14,17-18H2,1H3,(H2,25,27,28);1H. The number of rotatable bonds is 10. The molecule has 3 aromatic rings. The van der Waals surface area contributed by atoms with Crippen LogP contribution in [0.2, 0.25) is 0 Å². The maximum absolute atomic E-state index is 12.9. The highest BCUT2D eigenvalue weighted by molar-refractivity contribution is 14.0. The normalized spacial score (nSPS) is 11.1. The van der Waals surface area contributed by atoms with Gasteiger partial charge < -0.3 is 15.2 Å². The van der Waals surface area contributed by atoms with Gasteiger partial charge in [0.15, 0.2) is 5.96 Å². The SMILES string of the molecule is CN=C(NCCCSc1ccc(F)cc1)NCCc1nccn1Cc1ccccc1.I. The summed E-state index contributed by atoms with van der Waals surface area (Å²) in [5.74, 6) is 2.62. The van der Waals surface area contributed by atoms with Gasteiger partial charge in [-0.1, -0.05) is 30.3 Å². The van der Waals surface area contributed by atoms with E-state index in [9.17, 15) is 4.39 Å². The molecule has 1 heterocycles. The van der Waals surface area contributed by atoms with Crippen molar-refractivity contribution in [2.45, 2.75) is 24.3 Å². The van der Waals surface area contributed by atoms with Crippen molar-refractivity contribution in [2.24, 2.45) is 4.99 Å². The molecule has 0 amide bonds. The van der Waals surface area contributed by atoms with Gasteiger partial charge in [0.2, 0.25) is 0 Å². The lowest BCUT2D eigenvalue weighted by atomic mass is 10.2. The van der Waals surface area contributed by atoms with Crippen molar-refractivity contribution in [1.82, 2.24) is 20.2 Å². The third kappa shape index (κ3) is 8.90. The van der Waals surface area contributed by atoms with E-state index < -0.39 is 0 Å². The zero-order valence-corrected chi connectivity index (χ0v) is 20.8. The Morgan fingerprint density at radius 3 is 2.55 bits per heavy atom. The molecule has 0 saturated carbocycles. The molecule has 0 spiro atoms. The molecule has 0 saturated heterocycles. The van der Waals surface area contributed by atoms with Crippen LogP contribution >= 0.6 is 35.7 Å².